The third-order valence-corrected chi connectivity index (χ3v) is 2.60. The molecular weight excluding hydrogens is 268 g/mol. The third kappa shape index (κ3) is 3.06. The van der Waals surface area contributed by atoms with Crippen LogP contribution in [0.15, 0.2) is 41.7 Å². The Hall–Kier alpha value is -1.36. The molecule has 0 aliphatic rings. The number of pyridine rings is 1. The van der Waals surface area contributed by atoms with Crippen molar-refractivity contribution in [3.8, 4) is 0 Å². The highest BCUT2D eigenvalue weighted by Gasteiger charge is 2.03. The fourth-order valence-corrected chi connectivity index (χ4v) is 1.90. The van der Waals surface area contributed by atoms with Crippen LogP contribution in [0, 0.1) is 0 Å². The molecule has 84 valence electrons. The van der Waals surface area contributed by atoms with E-state index in [0.717, 1.165) is 16.7 Å². The van der Waals surface area contributed by atoms with Crippen molar-refractivity contribution in [2.45, 2.75) is 19.5 Å². The van der Waals surface area contributed by atoms with Crippen LogP contribution >= 0.6 is 15.9 Å². The number of hydrogen-bond acceptors (Lipinski definition) is 3. The Morgan fingerprint density at radius 2 is 2.31 bits per heavy atom. The van der Waals surface area contributed by atoms with Crippen molar-refractivity contribution in [1.82, 2.24) is 14.5 Å². The highest BCUT2D eigenvalue weighted by atomic mass is 79.9. The molecule has 16 heavy (non-hydrogen) atoms. The first kappa shape index (κ1) is 11.1. The van der Waals surface area contributed by atoms with Gasteiger partial charge >= 0.3 is 0 Å². The molecule has 0 aliphatic carbocycles. The van der Waals surface area contributed by atoms with E-state index in [0.29, 0.717) is 6.04 Å². The van der Waals surface area contributed by atoms with Gasteiger partial charge in [0.15, 0.2) is 0 Å². The van der Waals surface area contributed by atoms with Gasteiger partial charge in [-0.2, -0.15) is 0 Å². The summed E-state index contributed by atoms with van der Waals surface area (Å²) in [6.07, 6.45) is 9.14. The average molecular weight is 281 g/mol. The quantitative estimate of drug-likeness (QED) is 0.936. The fourth-order valence-electron chi connectivity index (χ4n) is 1.53. The second-order valence-corrected chi connectivity index (χ2v) is 4.61. The minimum Gasteiger partial charge on any atom is -0.380 e. The molecule has 0 fully saturated rings. The summed E-state index contributed by atoms with van der Waals surface area (Å²) in [7, 11) is 0. The number of nitrogens with one attached hydrogen (secondary N) is 1. The zero-order valence-corrected chi connectivity index (χ0v) is 10.6. The second kappa shape index (κ2) is 5.12. The summed E-state index contributed by atoms with van der Waals surface area (Å²) >= 11 is 3.39. The van der Waals surface area contributed by atoms with Crippen molar-refractivity contribution in [2.75, 3.05) is 5.32 Å². The van der Waals surface area contributed by atoms with Gasteiger partial charge in [0, 0.05) is 35.6 Å². The molecule has 0 spiro atoms. The highest BCUT2D eigenvalue weighted by Crippen LogP contribution is 2.14. The van der Waals surface area contributed by atoms with E-state index in [1.165, 1.54) is 0 Å². The number of halogens is 1. The minimum absolute atomic E-state index is 0.324. The van der Waals surface area contributed by atoms with Crippen molar-refractivity contribution in [2.24, 2.45) is 0 Å². The van der Waals surface area contributed by atoms with E-state index in [2.05, 4.69) is 38.1 Å². The van der Waals surface area contributed by atoms with Crippen molar-refractivity contribution in [1.29, 1.82) is 0 Å². The summed E-state index contributed by atoms with van der Waals surface area (Å²) in [4.78, 5) is 8.12. The van der Waals surface area contributed by atoms with Crippen LogP contribution in [-0.2, 0) is 6.54 Å². The molecule has 0 saturated heterocycles. The molecule has 1 N–H and O–H groups in total. The van der Waals surface area contributed by atoms with Crippen LogP contribution in [0.4, 0.5) is 5.69 Å². The third-order valence-electron chi connectivity index (χ3n) is 2.16. The number of nitrogens with zero attached hydrogens (tertiary/aromatic N) is 3. The van der Waals surface area contributed by atoms with E-state index in [9.17, 15) is 0 Å². The first-order chi connectivity index (χ1) is 7.74. The Balaban J connectivity index is 1.94. The lowest BCUT2D eigenvalue weighted by Crippen LogP contribution is -2.21. The SMILES string of the molecule is CC(Cn1ccnc1)Nc1cncc(Br)c1. The van der Waals surface area contributed by atoms with E-state index < -0.39 is 0 Å². The maximum absolute atomic E-state index is 4.11. The average Bonchev–Trinajstić information content (AvgIpc) is 2.70. The van der Waals surface area contributed by atoms with Crippen LogP contribution in [0.25, 0.3) is 0 Å². The minimum atomic E-state index is 0.324. The van der Waals surface area contributed by atoms with E-state index in [4.69, 9.17) is 0 Å². The van der Waals surface area contributed by atoms with Crippen LogP contribution in [0.3, 0.4) is 0 Å². The molecule has 2 aromatic heterocycles. The van der Waals surface area contributed by atoms with Gasteiger partial charge in [0.1, 0.15) is 0 Å². The Bertz CT molecular complexity index is 441. The number of anilines is 1. The molecular formula is C11H13BrN4. The topological polar surface area (TPSA) is 42.7 Å². The predicted octanol–water partition coefficient (Wildman–Crippen LogP) is 2.54. The molecule has 4 nitrogen and oxygen atoms in total. The van der Waals surface area contributed by atoms with Gasteiger partial charge in [-0.15, -0.1) is 0 Å². The summed E-state index contributed by atoms with van der Waals surface area (Å²) in [5.41, 5.74) is 1.02. The summed E-state index contributed by atoms with van der Waals surface area (Å²) in [5.74, 6) is 0. The molecule has 2 heterocycles. The lowest BCUT2D eigenvalue weighted by molar-refractivity contribution is 0.618. The molecule has 0 aliphatic heterocycles. The molecule has 0 aromatic carbocycles. The van der Waals surface area contributed by atoms with Crippen molar-refractivity contribution in [3.63, 3.8) is 0 Å². The Labute approximate surface area is 103 Å². The first-order valence-corrected chi connectivity index (χ1v) is 5.86. The summed E-state index contributed by atoms with van der Waals surface area (Å²) in [5, 5.41) is 3.38. The zero-order valence-electron chi connectivity index (χ0n) is 8.97. The summed E-state index contributed by atoms with van der Waals surface area (Å²) < 4.78 is 3.02. The van der Waals surface area contributed by atoms with Gasteiger partial charge in [-0.3, -0.25) is 4.98 Å². The lowest BCUT2D eigenvalue weighted by atomic mass is 10.3. The van der Waals surface area contributed by atoms with Crippen LogP contribution in [0.2, 0.25) is 0 Å². The molecule has 1 unspecified atom stereocenters. The molecule has 0 radical (unpaired) electrons. The highest BCUT2D eigenvalue weighted by molar-refractivity contribution is 9.10. The summed E-state index contributed by atoms with van der Waals surface area (Å²) in [6.45, 7) is 3.01. The number of imidazole rings is 1. The van der Waals surface area contributed by atoms with Crippen molar-refractivity contribution >= 4 is 21.6 Å². The van der Waals surface area contributed by atoms with Gasteiger partial charge in [0.2, 0.25) is 0 Å². The molecule has 5 heteroatoms. The van der Waals surface area contributed by atoms with Crippen LogP contribution in [0.1, 0.15) is 6.92 Å². The van der Waals surface area contributed by atoms with Crippen molar-refractivity contribution < 1.29 is 0 Å². The summed E-state index contributed by atoms with van der Waals surface area (Å²) in [6, 6.07) is 2.34. The van der Waals surface area contributed by atoms with E-state index >= 15 is 0 Å². The van der Waals surface area contributed by atoms with E-state index in [-0.39, 0.29) is 0 Å². The Kier molecular flexibility index (Phi) is 3.56. The van der Waals surface area contributed by atoms with Gasteiger partial charge in [-0.25, -0.2) is 4.98 Å². The second-order valence-electron chi connectivity index (χ2n) is 3.70. The van der Waals surface area contributed by atoms with Gasteiger partial charge in [0.25, 0.3) is 0 Å². The zero-order chi connectivity index (χ0) is 11.4. The fraction of sp³-hybridized carbons (Fsp3) is 0.273. The van der Waals surface area contributed by atoms with Crippen LogP contribution in [0.5, 0.6) is 0 Å². The van der Waals surface area contributed by atoms with Gasteiger partial charge in [-0.05, 0) is 28.9 Å². The Morgan fingerprint density at radius 3 is 3.00 bits per heavy atom. The molecule has 0 saturated carbocycles. The molecule has 2 aromatic rings. The molecule has 0 amide bonds. The van der Waals surface area contributed by atoms with Crippen LogP contribution in [-0.4, -0.2) is 20.6 Å². The number of rotatable bonds is 4. The first-order valence-electron chi connectivity index (χ1n) is 5.07. The van der Waals surface area contributed by atoms with Gasteiger partial charge < -0.3 is 9.88 Å². The van der Waals surface area contributed by atoms with Crippen molar-refractivity contribution in [3.05, 3.63) is 41.7 Å². The van der Waals surface area contributed by atoms with Gasteiger partial charge in [-0.1, -0.05) is 0 Å². The van der Waals surface area contributed by atoms with E-state index in [1.54, 1.807) is 12.4 Å². The number of aromatic nitrogens is 3. The number of hydrogen-bond donors (Lipinski definition) is 1. The van der Waals surface area contributed by atoms with Crippen LogP contribution < -0.4 is 5.32 Å². The Morgan fingerprint density at radius 1 is 1.44 bits per heavy atom. The molecule has 1 atom stereocenters. The lowest BCUT2D eigenvalue weighted by Gasteiger charge is -2.15. The monoisotopic (exact) mass is 280 g/mol. The largest absolute Gasteiger partial charge is 0.380 e. The van der Waals surface area contributed by atoms with E-state index in [1.807, 2.05) is 29.4 Å². The maximum atomic E-state index is 4.11. The molecule has 2 rings (SSSR count). The normalized spacial score (nSPS) is 12.4. The van der Waals surface area contributed by atoms with Gasteiger partial charge in [0.05, 0.1) is 18.2 Å². The smallest absolute Gasteiger partial charge is 0.0946 e. The maximum Gasteiger partial charge on any atom is 0.0946 e. The predicted molar refractivity (Wildman–Crippen MR) is 67.2 cm³/mol. The standard InChI is InChI=1S/C11H13BrN4/c1-9(7-16-3-2-13-8-16)15-11-4-10(12)5-14-6-11/h2-6,8-9,15H,7H2,1H3. The molecule has 0 bridgehead atoms.